The molecule has 2 aromatic rings. The van der Waals surface area contributed by atoms with Crippen LogP contribution in [-0.2, 0) is 0 Å². The summed E-state index contributed by atoms with van der Waals surface area (Å²) in [5.74, 6) is -0.290. The Labute approximate surface area is 120 Å². The van der Waals surface area contributed by atoms with E-state index in [9.17, 15) is 4.39 Å². The van der Waals surface area contributed by atoms with E-state index in [1.165, 1.54) is 0 Å². The van der Waals surface area contributed by atoms with Crippen LogP contribution >= 0.6 is 43.2 Å². The van der Waals surface area contributed by atoms with Crippen molar-refractivity contribution in [2.75, 3.05) is 0 Å². The zero-order valence-corrected chi connectivity index (χ0v) is 13.0. The summed E-state index contributed by atoms with van der Waals surface area (Å²) in [6, 6.07) is 6.73. The Kier molecular flexibility index (Phi) is 4.02. The quantitative estimate of drug-likeness (QED) is 0.800. The van der Waals surface area contributed by atoms with Gasteiger partial charge in [0.15, 0.2) is 0 Å². The molecule has 0 spiro atoms. The standard InChI is InChI=1S/C12H10Br2FNS/c1-6-5-9(17-12(6)14)11(16)7-3-2-4-8(13)10(7)15/h2-5,11H,16H2,1H3. The number of halogens is 3. The van der Waals surface area contributed by atoms with Crippen LogP contribution in [0.25, 0.3) is 0 Å². The first-order valence-electron chi connectivity index (χ1n) is 4.96. The Bertz CT molecular complexity index is 534. The minimum Gasteiger partial charge on any atom is -0.320 e. The van der Waals surface area contributed by atoms with Gasteiger partial charge >= 0.3 is 0 Å². The van der Waals surface area contributed by atoms with Crippen molar-refractivity contribution in [3.63, 3.8) is 0 Å². The van der Waals surface area contributed by atoms with Gasteiger partial charge in [-0.1, -0.05) is 12.1 Å². The Hall–Kier alpha value is -0.230. The molecule has 0 saturated carbocycles. The Morgan fingerprint density at radius 3 is 2.65 bits per heavy atom. The monoisotopic (exact) mass is 377 g/mol. The van der Waals surface area contributed by atoms with E-state index in [1.54, 1.807) is 29.5 Å². The smallest absolute Gasteiger partial charge is 0.142 e. The van der Waals surface area contributed by atoms with Crippen LogP contribution in [-0.4, -0.2) is 0 Å². The number of nitrogens with two attached hydrogens (primary N) is 1. The summed E-state index contributed by atoms with van der Waals surface area (Å²) in [5.41, 5.74) is 7.73. The molecule has 0 fully saturated rings. The van der Waals surface area contributed by atoms with E-state index in [0.29, 0.717) is 10.0 Å². The molecule has 0 radical (unpaired) electrons. The second-order valence-electron chi connectivity index (χ2n) is 3.73. The molecule has 2 rings (SSSR count). The summed E-state index contributed by atoms with van der Waals surface area (Å²) in [5, 5.41) is 0. The molecule has 0 aliphatic heterocycles. The maximum atomic E-state index is 13.9. The molecule has 1 heterocycles. The molecule has 90 valence electrons. The van der Waals surface area contributed by atoms with Crippen molar-refractivity contribution >= 4 is 43.2 Å². The Morgan fingerprint density at radius 2 is 2.06 bits per heavy atom. The molecule has 5 heteroatoms. The molecule has 1 aromatic heterocycles. The molecule has 0 saturated heterocycles. The van der Waals surface area contributed by atoms with Gasteiger partial charge in [-0.25, -0.2) is 4.39 Å². The topological polar surface area (TPSA) is 26.0 Å². The molecule has 0 amide bonds. The Balaban J connectivity index is 2.43. The van der Waals surface area contributed by atoms with Crippen LogP contribution < -0.4 is 5.73 Å². The van der Waals surface area contributed by atoms with Crippen molar-refractivity contribution in [2.24, 2.45) is 5.73 Å². The van der Waals surface area contributed by atoms with Crippen molar-refractivity contribution in [3.8, 4) is 0 Å². The zero-order chi connectivity index (χ0) is 12.6. The zero-order valence-electron chi connectivity index (χ0n) is 9.01. The molecular formula is C12H10Br2FNS. The van der Waals surface area contributed by atoms with Crippen LogP contribution in [0.1, 0.15) is 22.0 Å². The van der Waals surface area contributed by atoms with Gasteiger partial charge in [0.25, 0.3) is 0 Å². The maximum Gasteiger partial charge on any atom is 0.142 e. The second kappa shape index (κ2) is 5.18. The molecule has 17 heavy (non-hydrogen) atoms. The molecule has 1 aromatic carbocycles. The summed E-state index contributed by atoms with van der Waals surface area (Å²) < 4.78 is 15.4. The van der Waals surface area contributed by atoms with E-state index in [2.05, 4.69) is 31.9 Å². The van der Waals surface area contributed by atoms with Gasteiger partial charge in [-0.3, -0.25) is 0 Å². The summed E-state index contributed by atoms with van der Waals surface area (Å²) >= 11 is 8.16. The molecule has 1 atom stereocenters. The predicted octanol–water partition coefficient (Wildman–Crippen LogP) is 4.77. The lowest BCUT2D eigenvalue weighted by atomic mass is 10.1. The van der Waals surface area contributed by atoms with Gasteiger partial charge in [0.05, 0.1) is 14.3 Å². The first-order valence-corrected chi connectivity index (χ1v) is 7.36. The lowest BCUT2D eigenvalue weighted by molar-refractivity contribution is 0.594. The normalized spacial score (nSPS) is 12.8. The van der Waals surface area contributed by atoms with Crippen molar-refractivity contribution in [2.45, 2.75) is 13.0 Å². The highest BCUT2D eigenvalue weighted by Gasteiger charge is 2.17. The van der Waals surface area contributed by atoms with E-state index >= 15 is 0 Å². The highest BCUT2D eigenvalue weighted by Crippen LogP contribution is 2.34. The van der Waals surface area contributed by atoms with Crippen LogP contribution in [0, 0.1) is 12.7 Å². The van der Waals surface area contributed by atoms with E-state index in [-0.39, 0.29) is 5.82 Å². The van der Waals surface area contributed by atoms with Gasteiger partial charge in [0, 0.05) is 10.4 Å². The van der Waals surface area contributed by atoms with Gasteiger partial charge in [-0.05, 0) is 56.5 Å². The predicted molar refractivity (Wildman–Crippen MR) is 76.9 cm³/mol. The number of thiophene rings is 1. The fourth-order valence-electron chi connectivity index (χ4n) is 1.55. The summed E-state index contributed by atoms with van der Waals surface area (Å²) in [7, 11) is 0. The molecule has 2 N–H and O–H groups in total. The van der Waals surface area contributed by atoms with Crippen LogP contribution in [0.5, 0.6) is 0 Å². The lowest BCUT2D eigenvalue weighted by Crippen LogP contribution is -2.12. The molecular weight excluding hydrogens is 369 g/mol. The van der Waals surface area contributed by atoms with E-state index < -0.39 is 6.04 Å². The number of rotatable bonds is 2. The van der Waals surface area contributed by atoms with Gasteiger partial charge in [-0.15, -0.1) is 11.3 Å². The first kappa shape index (κ1) is 13.2. The second-order valence-corrected chi connectivity index (χ2v) is 6.98. The fourth-order valence-corrected chi connectivity index (χ4v) is 3.52. The Morgan fingerprint density at radius 1 is 1.35 bits per heavy atom. The van der Waals surface area contributed by atoms with E-state index in [0.717, 1.165) is 14.2 Å². The van der Waals surface area contributed by atoms with Gasteiger partial charge in [0.1, 0.15) is 5.82 Å². The highest BCUT2D eigenvalue weighted by molar-refractivity contribution is 9.11. The van der Waals surface area contributed by atoms with Gasteiger partial charge < -0.3 is 5.73 Å². The third kappa shape index (κ3) is 2.62. The SMILES string of the molecule is Cc1cc(C(N)c2cccc(Br)c2F)sc1Br. The largest absolute Gasteiger partial charge is 0.320 e. The average Bonchev–Trinajstić information content (AvgIpc) is 2.62. The van der Waals surface area contributed by atoms with Gasteiger partial charge in [0.2, 0.25) is 0 Å². The van der Waals surface area contributed by atoms with Crippen molar-refractivity contribution in [1.29, 1.82) is 0 Å². The summed E-state index contributed by atoms with van der Waals surface area (Å²) in [6.07, 6.45) is 0. The van der Waals surface area contributed by atoms with E-state index in [4.69, 9.17) is 5.73 Å². The minimum atomic E-state index is -0.428. The molecule has 0 aliphatic rings. The third-order valence-corrected chi connectivity index (χ3v) is 5.33. The molecule has 1 nitrogen and oxygen atoms in total. The summed E-state index contributed by atoms with van der Waals surface area (Å²) in [6.45, 7) is 1.99. The maximum absolute atomic E-state index is 13.9. The molecule has 0 aliphatic carbocycles. The third-order valence-electron chi connectivity index (χ3n) is 2.50. The lowest BCUT2D eigenvalue weighted by Gasteiger charge is -2.11. The van der Waals surface area contributed by atoms with Crippen LogP contribution in [0.3, 0.4) is 0 Å². The van der Waals surface area contributed by atoms with Crippen molar-refractivity contribution in [1.82, 2.24) is 0 Å². The van der Waals surface area contributed by atoms with Crippen LogP contribution in [0.4, 0.5) is 4.39 Å². The van der Waals surface area contributed by atoms with E-state index in [1.807, 2.05) is 13.0 Å². The molecule has 1 unspecified atom stereocenters. The highest BCUT2D eigenvalue weighted by atomic mass is 79.9. The molecule has 0 bridgehead atoms. The number of aryl methyl sites for hydroxylation is 1. The number of hydrogen-bond donors (Lipinski definition) is 1. The number of hydrogen-bond acceptors (Lipinski definition) is 2. The van der Waals surface area contributed by atoms with Crippen LogP contribution in [0.15, 0.2) is 32.5 Å². The average molecular weight is 379 g/mol. The van der Waals surface area contributed by atoms with Crippen LogP contribution in [0.2, 0.25) is 0 Å². The minimum absolute atomic E-state index is 0.290. The summed E-state index contributed by atoms with van der Waals surface area (Å²) in [4.78, 5) is 0.950. The van der Waals surface area contributed by atoms with Crippen molar-refractivity contribution in [3.05, 3.63) is 54.3 Å². The number of benzene rings is 1. The first-order chi connectivity index (χ1) is 8.00. The van der Waals surface area contributed by atoms with Gasteiger partial charge in [-0.2, -0.15) is 0 Å². The fraction of sp³-hybridized carbons (Fsp3) is 0.167. The van der Waals surface area contributed by atoms with Crippen molar-refractivity contribution < 1.29 is 4.39 Å².